The molecule has 0 saturated carbocycles. The molecule has 1 amide bonds. The number of nitrogens with two attached hydrogens (primary N) is 1. The first kappa shape index (κ1) is 17.9. The number of carbonyl (C=O) groups is 2. The number of carboxylic acid groups (broad SMARTS) is 1. The lowest BCUT2D eigenvalue weighted by Crippen LogP contribution is -2.64. The lowest BCUT2D eigenvalue weighted by molar-refractivity contribution is 0.0691. The number of nitrogens with one attached hydrogen (secondary N) is 1. The molecule has 1 atom stereocenters. The number of rotatable bonds is 4. The average molecular weight is 357 g/mol. The number of benzene rings is 2. The lowest BCUT2D eigenvalue weighted by atomic mass is 9.64. The monoisotopic (exact) mass is 357 g/mol. The summed E-state index contributed by atoms with van der Waals surface area (Å²) in [6, 6.07) is 11.0. The summed E-state index contributed by atoms with van der Waals surface area (Å²) in [5, 5.41) is 32.2. The highest BCUT2D eigenvalue weighted by Crippen LogP contribution is 2.32. The fraction of sp³-hybridized carbons (Fsp3) is 0.176. The van der Waals surface area contributed by atoms with Crippen LogP contribution in [0.1, 0.15) is 31.8 Å². The average Bonchev–Trinajstić information content (AvgIpc) is 2.61. The van der Waals surface area contributed by atoms with E-state index in [1.54, 1.807) is 30.3 Å². The number of carboxylic acids is 1. The van der Waals surface area contributed by atoms with Crippen LogP contribution in [-0.4, -0.2) is 39.7 Å². The standard InChI is InChI=1S/C17H18BN2O6/c19-9-10-4-6-11(7-5-10)16(21)20-14-8-12-2-1-3-13(17(22)23)15(12)26-18(14,24)25/h1-7,14,24-25H,8-9,19H2,(H,20,21)(H,22,23)/q-1/t14-/m0/s1. The van der Waals surface area contributed by atoms with E-state index in [0.29, 0.717) is 17.7 Å². The molecule has 8 nitrogen and oxygen atoms in total. The smallest absolute Gasteiger partial charge is 0.452 e. The first-order valence-corrected chi connectivity index (χ1v) is 8.05. The van der Waals surface area contributed by atoms with Crippen LogP contribution >= 0.6 is 0 Å². The third-order valence-corrected chi connectivity index (χ3v) is 4.35. The van der Waals surface area contributed by atoms with Crippen LogP contribution in [0, 0.1) is 0 Å². The normalized spacial score (nSPS) is 17.7. The lowest BCUT2D eigenvalue weighted by Gasteiger charge is -2.43. The van der Waals surface area contributed by atoms with Crippen LogP contribution in [0.2, 0.25) is 0 Å². The van der Waals surface area contributed by atoms with Crippen LogP contribution in [0.15, 0.2) is 42.5 Å². The molecule has 0 fully saturated rings. The first-order valence-electron chi connectivity index (χ1n) is 8.05. The Morgan fingerprint density at radius 1 is 1.19 bits per heavy atom. The second-order valence-electron chi connectivity index (χ2n) is 6.16. The van der Waals surface area contributed by atoms with Crippen LogP contribution < -0.4 is 15.7 Å². The number of para-hydroxylation sites is 1. The van der Waals surface area contributed by atoms with E-state index in [2.05, 4.69) is 5.32 Å². The Labute approximate surface area is 149 Å². The molecular weight excluding hydrogens is 339 g/mol. The number of aromatic carboxylic acids is 1. The van der Waals surface area contributed by atoms with E-state index in [1.807, 2.05) is 0 Å². The minimum atomic E-state index is -3.48. The molecule has 1 aliphatic heterocycles. The van der Waals surface area contributed by atoms with Gasteiger partial charge in [0.05, 0.1) is 11.3 Å². The summed E-state index contributed by atoms with van der Waals surface area (Å²) < 4.78 is 5.16. The van der Waals surface area contributed by atoms with E-state index in [1.165, 1.54) is 12.1 Å². The molecule has 26 heavy (non-hydrogen) atoms. The highest BCUT2D eigenvalue weighted by Gasteiger charge is 2.41. The van der Waals surface area contributed by atoms with Gasteiger partial charge in [0.2, 0.25) is 5.91 Å². The van der Waals surface area contributed by atoms with Gasteiger partial charge in [-0.3, -0.25) is 4.79 Å². The molecule has 0 unspecified atom stereocenters. The molecule has 0 bridgehead atoms. The van der Waals surface area contributed by atoms with Crippen LogP contribution in [0.5, 0.6) is 5.75 Å². The predicted octanol–water partition coefficient (Wildman–Crippen LogP) is 0.0397. The van der Waals surface area contributed by atoms with Crippen LogP contribution in [0.4, 0.5) is 0 Å². The third kappa shape index (κ3) is 3.41. The Bertz CT molecular complexity index is 853. The Kier molecular flexibility index (Phi) is 4.69. The zero-order valence-electron chi connectivity index (χ0n) is 13.8. The minimum Gasteiger partial charge on any atom is -0.668 e. The topological polar surface area (TPSA) is 142 Å². The highest BCUT2D eigenvalue weighted by molar-refractivity contribution is 6.61. The number of amides is 1. The molecule has 6 N–H and O–H groups in total. The SMILES string of the molecule is NCc1ccc(C(=O)N[C@H]2Cc3cccc(C(=O)O)c3O[B-]2(O)O)cc1. The zero-order valence-corrected chi connectivity index (χ0v) is 13.8. The molecular formula is C17H18BN2O6-. The summed E-state index contributed by atoms with van der Waals surface area (Å²) in [4.78, 5) is 23.6. The molecule has 0 saturated heterocycles. The van der Waals surface area contributed by atoms with Gasteiger partial charge in [-0.2, -0.15) is 0 Å². The van der Waals surface area contributed by atoms with E-state index < -0.39 is 24.6 Å². The van der Waals surface area contributed by atoms with Crippen molar-refractivity contribution in [2.45, 2.75) is 18.9 Å². The van der Waals surface area contributed by atoms with E-state index >= 15 is 0 Å². The maximum atomic E-state index is 12.4. The molecule has 3 rings (SSSR count). The predicted molar refractivity (Wildman–Crippen MR) is 93.5 cm³/mol. The number of hydrogen-bond acceptors (Lipinski definition) is 6. The second kappa shape index (κ2) is 6.79. The van der Waals surface area contributed by atoms with Crippen molar-refractivity contribution < 1.29 is 29.4 Å². The molecule has 0 radical (unpaired) electrons. The van der Waals surface area contributed by atoms with Crippen molar-refractivity contribution in [3.8, 4) is 5.75 Å². The molecule has 1 aliphatic rings. The number of hydrogen-bond donors (Lipinski definition) is 5. The molecule has 9 heteroatoms. The summed E-state index contributed by atoms with van der Waals surface area (Å²) in [5.41, 5.74) is 7.01. The van der Waals surface area contributed by atoms with Gasteiger partial charge in [-0.05, 0) is 35.7 Å². The van der Waals surface area contributed by atoms with Gasteiger partial charge in [0.1, 0.15) is 0 Å². The first-order chi connectivity index (χ1) is 12.3. The van der Waals surface area contributed by atoms with Crippen molar-refractivity contribution in [1.82, 2.24) is 5.32 Å². The van der Waals surface area contributed by atoms with Crippen molar-refractivity contribution in [2.75, 3.05) is 0 Å². The largest absolute Gasteiger partial charge is 0.668 e. The quantitative estimate of drug-likeness (QED) is 0.486. The van der Waals surface area contributed by atoms with Gasteiger partial charge in [0, 0.05) is 18.0 Å². The zero-order chi connectivity index (χ0) is 18.9. The molecule has 0 spiro atoms. The Morgan fingerprint density at radius 2 is 1.88 bits per heavy atom. The Morgan fingerprint density at radius 3 is 2.50 bits per heavy atom. The summed E-state index contributed by atoms with van der Waals surface area (Å²) in [6.45, 7) is -3.13. The molecule has 136 valence electrons. The second-order valence-corrected chi connectivity index (χ2v) is 6.16. The van der Waals surface area contributed by atoms with Gasteiger partial charge in [-0.15, -0.1) is 0 Å². The van der Waals surface area contributed by atoms with Crippen LogP contribution in [-0.2, 0) is 13.0 Å². The Balaban J connectivity index is 1.83. The molecule has 1 heterocycles. The van der Waals surface area contributed by atoms with Crippen LogP contribution in [0.25, 0.3) is 0 Å². The van der Waals surface area contributed by atoms with Gasteiger partial charge in [0.15, 0.2) is 0 Å². The van der Waals surface area contributed by atoms with Crippen molar-refractivity contribution >= 4 is 18.6 Å². The van der Waals surface area contributed by atoms with E-state index in [0.717, 1.165) is 5.56 Å². The van der Waals surface area contributed by atoms with Crippen molar-refractivity contribution in [2.24, 2.45) is 5.73 Å². The van der Waals surface area contributed by atoms with Gasteiger partial charge in [-0.25, -0.2) is 4.79 Å². The summed E-state index contributed by atoms with van der Waals surface area (Å²) in [5.74, 6) is -2.96. The van der Waals surface area contributed by atoms with Crippen LogP contribution in [0.3, 0.4) is 0 Å². The summed E-state index contributed by atoms with van der Waals surface area (Å²) in [6.07, 6.45) is 0.0239. The van der Waals surface area contributed by atoms with Gasteiger partial charge in [0.25, 0.3) is 0 Å². The highest BCUT2D eigenvalue weighted by atomic mass is 16.6. The molecule has 2 aromatic rings. The van der Waals surface area contributed by atoms with E-state index in [9.17, 15) is 24.7 Å². The minimum absolute atomic E-state index is 0.0239. The fourth-order valence-electron chi connectivity index (χ4n) is 2.90. The van der Waals surface area contributed by atoms with E-state index in [4.69, 9.17) is 10.4 Å². The van der Waals surface area contributed by atoms with Gasteiger partial charge < -0.3 is 30.9 Å². The number of fused-ring (bicyclic) bond motifs is 1. The molecule has 0 aliphatic carbocycles. The van der Waals surface area contributed by atoms with Gasteiger partial charge in [-0.1, -0.05) is 24.3 Å². The third-order valence-electron chi connectivity index (χ3n) is 4.35. The molecule has 2 aromatic carbocycles. The Hall–Kier alpha value is -2.88. The molecule has 0 aromatic heterocycles. The maximum Gasteiger partial charge on any atom is 0.452 e. The summed E-state index contributed by atoms with van der Waals surface area (Å²) in [7, 11) is 0. The van der Waals surface area contributed by atoms with Crippen molar-refractivity contribution in [3.05, 3.63) is 64.7 Å². The van der Waals surface area contributed by atoms with E-state index in [-0.39, 0.29) is 17.7 Å². The summed E-state index contributed by atoms with van der Waals surface area (Å²) >= 11 is 0. The van der Waals surface area contributed by atoms with Crippen molar-refractivity contribution in [3.63, 3.8) is 0 Å². The maximum absolute atomic E-state index is 12.4. The fourth-order valence-corrected chi connectivity index (χ4v) is 2.90. The number of carbonyl (C=O) groups excluding carboxylic acids is 1. The van der Waals surface area contributed by atoms with Crippen molar-refractivity contribution in [1.29, 1.82) is 0 Å². The van der Waals surface area contributed by atoms with Gasteiger partial charge >= 0.3 is 12.7 Å².